The number of hydrogen-bond acceptors (Lipinski definition) is 4. The molecule has 120 valence electrons. The second-order valence-electron chi connectivity index (χ2n) is 5.11. The van der Waals surface area contributed by atoms with E-state index in [2.05, 4.69) is 0 Å². The van der Waals surface area contributed by atoms with Crippen LogP contribution in [0.3, 0.4) is 0 Å². The number of halogens is 1. The number of ether oxygens (including phenoxy) is 2. The van der Waals surface area contributed by atoms with Crippen LogP contribution in [0.15, 0.2) is 12.1 Å². The zero-order valence-corrected chi connectivity index (χ0v) is 13.4. The molecule has 0 saturated carbocycles. The maximum Gasteiger partial charge on any atom is 0.260 e. The molecule has 6 heteroatoms. The molecule has 0 radical (unpaired) electrons. The molecule has 0 N–H and O–H groups in total. The Kier molecular flexibility index (Phi) is 6.07. The largest absolute Gasteiger partial charge is 0.490 e. The van der Waals surface area contributed by atoms with E-state index in [4.69, 9.17) is 21.1 Å². The summed E-state index contributed by atoms with van der Waals surface area (Å²) in [4.78, 5) is 24.8. The number of amides is 1. The zero-order valence-electron chi connectivity index (χ0n) is 12.6. The Morgan fingerprint density at radius 2 is 2.00 bits per heavy atom. The predicted molar refractivity (Wildman–Crippen MR) is 83.9 cm³/mol. The minimum Gasteiger partial charge on any atom is -0.490 e. The molecule has 1 amide bonds. The molecule has 1 fully saturated rings. The maximum atomic E-state index is 12.1. The van der Waals surface area contributed by atoms with Crippen LogP contribution in [-0.2, 0) is 4.79 Å². The Hall–Kier alpha value is -1.75. The van der Waals surface area contributed by atoms with E-state index in [9.17, 15) is 9.59 Å². The van der Waals surface area contributed by atoms with Crippen LogP contribution < -0.4 is 9.47 Å². The van der Waals surface area contributed by atoms with Crippen LogP contribution in [0.4, 0.5) is 0 Å². The number of nitrogens with zero attached hydrogens (tertiary/aromatic N) is 1. The summed E-state index contributed by atoms with van der Waals surface area (Å²) in [5, 5.41) is 0.263. The number of benzene rings is 1. The molecule has 1 aliphatic rings. The Balaban J connectivity index is 2.07. The lowest BCUT2D eigenvalue weighted by molar-refractivity contribution is -0.134. The van der Waals surface area contributed by atoms with Gasteiger partial charge in [-0.2, -0.15) is 0 Å². The Morgan fingerprint density at radius 1 is 1.27 bits per heavy atom. The van der Waals surface area contributed by atoms with Gasteiger partial charge in [-0.1, -0.05) is 11.6 Å². The highest BCUT2D eigenvalue weighted by atomic mass is 35.5. The van der Waals surface area contributed by atoms with Crippen molar-refractivity contribution < 1.29 is 19.1 Å². The predicted octanol–water partition coefficient (Wildman–Crippen LogP) is 2.94. The van der Waals surface area contributed by atoms with Crippen LogP contribution in [0.2, 0.25) is 5.02 Å². The summed E-state index contributed by atoms with van der Waals surface area (Å²) in [5.41, 5.74) is 0.406. The van der Waals surface area contributed by atoms with E-state index in [1.165, 1.54) is 6.07 Å². The highest BCUT2D eigenvalue weighted by Crippen LogP contribution is 2.36. The number of carbonyl (C=O) groups excluding carboxylic acids is 2. The van der Waals surface area contributed by atoms with E-state index in [1.807, 2.05) is 6.92 Å². The van der Waals surface area contributed by atoms with E-state index in [-0.39, 0.29) is 17.5 Å². The maximum absolute atomic E-state index is 12.1. The van der Waals surface area contributed by atoms with Gasteiger partial charge in [-0.05, 0) is 38.3 Å². The molecule has 0 aromatic heterocycles. The van der Waals surface area contributed by atoms with Crippen molar-refractivity contribution in [3.8, 4) is 11.5 Å². The van der Waals surface area contributed by atoms with Crippen molar-refractivity contribution in [2.75, 3.05) is 26.3 Å². The lowest BCUT2D eigenvalue weighted by atomic mass is 10.1. The summed E-state index contributed by atoms with van der Waals surface area (Å²) in [6.45, 7) is 3.70. The number of hydrogen-bond donors (Lipinski definition) is 0. The Morgan fingerprint density at radius 3 is 2.64 bits per heavy atom. The molecule has 0 atom stereocenters. The quantitative estimate of drug-likeness (QED) is 0.755. The average molecular weight is 326 g/mol. The van der Waals surface area contributed by atoms with Gasteiger partial charge in [0, 0.05) is 18.7 Å². The van der Waals surface area contributed by atoms with E-state index < -0.39 is 0 Å². The van der Waals surface area contributed by atoms with Gasteiger partial charge in [-0.15, -0.1) is 0 Å². The number of rotatable bonds is 6. The van der Waals surface area contributed by atoms with Crippen molar-refractivity contribution in [1.82, 2.24) is 4.90 Å². The zero-order chi connectivity index (χ0) is 15.9. The van der Waals surface area contributed by atoms with Crippen LogP contribution in [0.1, 0.15) is 36.5 Å². The fraction of sp³-hybridized carbons (Fsp3) is 0.500. The fourth-order valence-corrected chi connectivity index (χ4v) is 2.70. The molecule has 1 aromatic rings. The topological polar surface area (TPSA) is 55.8 Å². The van der Waals surface area contributed by atoms with Gasteiger partial charge in [0.2, 0.25) is 0 Å². The molecular formula is C16H20ClNO4. The molecule has 2 rings (SSSR count). The monoisotopic (exact) mass is 325 g/mol. The normalized spacial score (nSPS) is 14.5. The molecule has 22 heavy (non-hydrogen) atoms. The Bertz CT molecular complexity index is 541. The van der Waals surface area contributed by atoms with Crippen molar-refractivity contribution in [1.29, 1.82) is 0 Å². The standard InChI is InChI=1S/C16H20ClNO4/c1-2-21-14-9-12(10-19)8-13(17)16(14)22-11-15(20)18-6-4-3-5-7-18/h8-10H,2-7,11H2,1H3. The molecule has 1 heterocycles. The smallest absolute Gasteiger partial charge is 0.260 e. The first-order valence-electron chi connectivity index (χ1n) is 7.47. The minimum absolute atomic E-state index is 0.0577. The molecule has 5 nitrogen and oxygen atoms in total. The SMILES string of the molecule is CCOc1cc(C=O)cc(Cl)c1OCC(=O)N1CCCCC1. The molecular weight excluding hydrogens is 306 g/mol. The lowest BCUT2D eigenvalue weighted by Crippen LogP contribution is -2.38. The summed E-state index contributed by atoms with van der Waals surface area (Å²) in [6, 6.07) is 3.06. The highest BCUT2D eigenvalue weighted by molar-refractivity contribution is 6.32. The summed E-state index contributed by atoms with van der Waals surface area (Å²) >= 11 is 6.13. The third-order valence-electron chi connectivity index (χ3n) is 3.52. The van der Waals surface area contributed by atoms with E-state index in [1.54, 1.807) is 11.0 Å². The summed E-state index contributed by atoms with van der Waals surface area (Å²) in [6.07, 6.45) is 3.92. The molecule has 1 aromatic carbocycles. The van der Waals surface area contributed by atoms with E-state index in [0.717, 1.165) is 32.4 Å². The summed E-state index contributed by atoms with van der Waals surface area (Å²) < 4.78 is 11.0. The van der Waals surface area contributed by atoms with E-state index >= 15 is 0 Å². The van der Waals surface area contributed by atoms with Gasteiger partial charge in [0.15, 0.2) is 18.1 Å². The van der Waals surface area contributed by atoms with Crippen LogP contribution in [0, 0.1) is 0 Å². The number of piperidine rings is 1. The molecule has 0 aliphatic carbocycles. The first-order valence-corrected chi connectivity index (χ1v) is 7.85. The average Bonchev–Trinajstić information content (AvgIpc) is 2.54. The molecule has 1 aliphatic heterocycles. The molecule has 0 bridgehead atoms. The van der Waals surface area contributed by atoms with Crippen LogP contribution in [0.5, 0.6) is 11.5 Å². The van der Waals surface area contributed by atoms with Crippen LogP contribution >= 0.6 is 11.6 Å². The minimum atomic E-state index is -0.0831. The van der Waals surface area contributed by atoms with Crippen molar-refractivity contribution in [3.05, 3.63) is 22.7 Å². The van der Waals surface area contributed by atoms with Gasteiger partial charge in [0.25, 0.3) is 5.91 Å². The number of likely N-dealkylation sites (tertiary alicyclic amines) is 1. The molecule has 0 unspecified atom stereocenters. The first-order chi connectivity index (χ1) is 10.7. The van der Waals surface area contributed by atoms with Gasteiger partial charge < -0.3 is 14.4 Å². The van der Waals surface area contributed by atoms with Crippen LogP contribution in [0.25, 0.3) is 0 Å². The second kappa shape index (κ2) is 8.03. The fourth-order valence-electron chi connectivity index (χ4n) is 2.43. The van der Waals surface area contributed by atoms with Gasteiger partial charge in [-0.25, -0.2) is 0 Å². The van der Waals surface area contributed by atoms with Crippen molar-refractivity contribution in [2.24, 2.45) is 0 Å². The number of carbonyl (C=O) groups is 2. The van der Waals surface area contributed by atoms with Gasteiger partial charge >= 0.3 is 0 Å². The van der Waals surface area contributed by atoms with Crippen LogP contribution in [-0.4, -0.2) is 43.4 Å². The summed E-state index contributed by atoms with van der Waals surface area (Å²) in [7, 11) is 0. The van der Waals surface area contributed by atoms with Crippen molar-refractivity contribution in [3.63, 3.8) is 0 Å². The lowest BCUT2D eigenvalue weighted by Gasteiger charge is -2.26. The third kappa shape index (κ3) is 4.13. The number of aldehydes is 1. The van der Waals surface area contributed by atoms with Crippen molar-refractivity contribution >= 4 is 23.8 Å². The van der Waals surface area contributed by atoms with Crippen molar-refractivity contribution in [2.45, 2.75) is 26.2 Å². The van der Waals surface area contributed by atoms with Gasteiger partial charge in [0.05, 0.1) is 11.6 Å². The summed E-state index contributed by atoms with van der Waals surface area (Å²) in [5.74, 6) is 0.626. The molecule has 0 spiro atoms. The van der Waals surface area contributed by atoms with E-state index in [0.29, 0.717) is 30.0 Å². The highest BCUT2D eigenvalue weighted by Gasteiger charge is 2.19. The van der Waals surface area contributed by atoms with Gasteiger partial charge in [-0.3, -0.25) is 9.59 Å². The molecule has 1 saturated heterocycles. The second-order valence-corrected chi connectivity index (χ2v) is 5.52. The third-order valence-corrected chi connectivity index (χ3v) is 3.80. The first kappa shape index (κ1) is 16.6. The Labute approximate surface area is 135 Å². The van der Waals surface area contributed by atoms with Gasteiger partial charge in [0.1, 0.15) is 6.29 Å².